The van der Waals surface area contributed by atoms with Gasteiger partial charge in [0.25, 0.3) is 5.91 Å². The SMILES string of the molecule is Cc1ccc(NC(=O)N2CCN(Cc3ccc(C(=O)Nc4nc5ccccc5s4)cc3)CC2)cc1. The molecule has 0 spiro atoms. The molecule has 0 atom stereocenters. The molecule has 0 saturated carbocycles. The van der Waals surface area contributed by atoms with Crippen molar-refractivity contribution >= 4 is 44.3 Å². The fourth-order valence-corrected chi connectivity index (χ4v) is 4.92. The minimum absolute atomic E-state index is 0.0583. The number of carbonyl (C=O) groups is 2. The number of nitrogens with one attached hydrogen (secondary N) is 2. The molecule has 178 valence electrons. The van der Waals surface area contributed by atoms with E-state index >= 15 is 0 Å². The van der Waals surface area contributed by atoms with Crippen LogP contribution in [0.15, 0.2) is 72.8 Å². The van der Waals surface area contributed by atoms with Crippen molar-refractivity contribution in [1.82, 2.24) is 14.8 Å². The number of benzene rings is 3. The van der Waals surface area contributed by atoms with Gasteiger partial charge in [-0.1, -0.05) is 53.3 Å². The van der Waals surface area contributed by atoms with Gasteiger partial charge in [0.15, 0.2) is 5.13 Å². The highest BCUT2D eigenvalue weighted by Gasteiger charge is 2.21. The minimum atomic E-state index is -0.163. The van der Waals surface area contributed by atoms with E-state index in [0.717, 1.165) is 41.1 Å². The van der Waals surface area contributed by atoms with Crippen molar-refractivity contribution in [1.29, 1.82) is 0 Å². The number of thiazole rings is 1. The second kappa shape index (κ2) is 10.2. The topological polar surface area (TPSA) is 77.6 Å². The fraction of sp³-hybridized carbons (Fsp3) is 0.222. The Kier molecular flexibility index (Phi) is 6.74. The van der Waals surface area contributed by atoms with Crippen LogP contribution in [0.2, 0.25) is 0 Å². The third-order valence-corrected chi connectivity index (χ3v) is 7.05. The molecule has 1 saturated heterocycles. The van der Waals surface area contributed by atoms with Crippen LogP contribution >= 0.6 is 11.3 Å². The van der Waals surface area contributed by atoms with Crippen molar-refractivity contribution < 1.29 is 9.59 Å². The van der Waals surface area contributed by atoms with Crippen LogP contribution < -0.4 is 10.6 Å². The van der Waals surface area contributed by atoms with E-state index in [1.807, 2.05) is 84.6 Å². The molecule has 8 heteroatoms. The Balaban J connectivity index is 1.10. The molecule has 7 nitrogen and oxygen atoms in total. The van der Waals surface area contributed by atoms with Gasteiger partial charge < -0.3 is 10.2 Å². The summed E-state index contributed by atoms with van der Waals surface area (Å²) in [6, 6.07) is 23.3. The predicted molar refractivity (Wildman–Crippen MR) is 141 cm³/mol. The van der Waals surface area contributed by atoms with Gasteiger partial charge in [0.05, 0.1) is 10.2 Å². The molecular weight excluding hydrogens is 458 g/mol. The summed E-state index contributed by atoms with van der Waals surface area (Å²) in [5.74, 6) is -0.163. The number of para-hydroxylation sites is 1. The molecule has 1 aromatic heterocycles. The number of anilines is 2. The lowest BCUT2D eigenvalue weighted by Crippen LogP contribution is -2.49. The smallest absolute Gasteiger partial charge is 0.321 e. The summed E-state index contributed by atoms with van der Waals surface area (Å²) in [5, 5.41) is 6.47. The van der Waals surface area contributed by atoms with Gasteiger partial charge in [-0.2, -0.15) is 0 Å². The standard InChI is InChI=1S/C27H27N5O2S/c1-19-6-12-22(13-7-19)28-27(34)32-16-14-31(15-17-32)18-20-8-10-21(11-9-20)25(33)30-26-29-23-4-2-3-5-24(23)35-26/h2-13H,14-18H2,1H3,(H,28,34)(H,29,30,33). The quantitative estimate of drug-likeness (QED) is 0.407. The van der Waals surface area contributed by atoms with Crippen LogP contribution in [0.5, 0.6) is 0 Å². The Labute approximate surface area is 208 Å². The number of rotatable bonds is 5. The van der Waals surface area contributed by atoms with E-state index in [0.29, 0.717) is 23.8 Å². The first-order valence-electron chi connectivity index (χ1n) is 11.6. The van der Waals surface area contributed by atoms with Gasteiger partial charge >= 0.3 is 6.03 Å². The summed E-state index contributed by atoms with van der Waals surface area (Å²) in [6.45, 7) is 5.79. The summed E-state index contributed by atoms with van der Waals surface area (Å²) < 4.78 is 1.05. The van der Waals surface area contributed by atoms with Crippen molar-refractivity contribution in [2.75, 3.05) is 36.8 Å². The van der Waals surface area contributed by atoms with Crippen LogP contribution in [0.4, 0.5) is 15.6 Å². The Bertz CT molecular complexity index is 1290. The highest BCUT2D eigenvalue weighted by molar-refractivity contribution is 7.22. The van der Waals surface area contributed by atoms with Crippen molar-refractivity contribution in [3.05, 3.63) is 89.5 Å². The van der Waals surface area contributed by atoms with E-state index in [9.17, 15) is 9.59 Å². The maximum absolute atomic E-state index is 12.6. The molecule has 1 aliphatic heterocycles. The molecule has 1 fully saturated rings. The Morgan fingerprint density at radius 2 is 1.60 bits per heavy atom. The summed E-state index contributed by atoms with van der Waals surface area (Å²) >= 11 is 1.47. The maximum atomic E-state index is 12.6. The number of hydrogen-bond donors (Lipinski definition) is 2. The van der Waals surface area contributed by atoms with Crippen molar-refractivity contribution in [3.8, 4) is 0 Å². The summed E-state index contributed by atoms with van der Waals surface area (Å²) in [6.07, 6.45) is 0. The van der Waals surface area contributed by atoms with E-state index < -0.39 is 0 Å². The lowest BCUT2D eigenvalue weighted by molar-refractivity contribution is 0.102. The molecule has 2 N–H and O–H groups in total. The van der Waals surface area contributed by atoms with E-state index in [-0.39, 0.29) is 11.9 Å². The summed E-state index contributed by atoms with van der Waals surface area (Å²) in [7, 11) is 0. The normalized spacial score (nSPS) is 14.1. The van der Waals surface area contributed by atoms with Crippen molar-refractivity contribution in [3.63, 3.8) is 0 Å². The minimum Gasteiger partial charge on any atom is -0.322 e. The van der Waals surface area contributed by atoms with Crippen LogP contribution in [-0.4, -0.2) is 52.9 Å². The van der Waals surface area contributed by atoms with Gasteiger partial charge in [-0.15, -0.1) is 0 Å². The van der Waals surface area contributed by atoms with Crippen LogP contribution in [0.1, 0.15) is 21.5 Å². The van der Waals surface area contributed by atoms with Crippen LogP contribution in [-0.2, 0) is 6.54 Å². The maximum Gasteiger partial charge on any atom is 0.321 e. The monoisotopic (exact) mass is 485 g/mol. The number of fused-ring (bicyclic) bond motifs is 1. The second-order valence-electron chi connectivity index (χ2n) is 8.70. The lowest BCUT2D eigenvalue weighted by Gasteiger charge is -2.34. The molecule has 5 rings (SSSR count). The Morgan fingerprint density at radius 3 is 2.31 bits per heavy atom. The largest absolute Gasteiger partial charge is 0.322 e. The first-order valence-corrected chi connectivity index (χ1v) is 12.5. The van der Waals surface area contributed by atoms with Crippen LogP contribution in [0.25, 0.3) is 10.2 Å². The number of amides is 3. The predicted octanol–water partition coefficient (Wildman–Crippen LogP) is 5.21. The summed E-state index contributed by atoms with van der Waals surface area (Å²) in [4.78, 5) is 33.8. The highest BCUT2D eigenvalue weighted by Crippen LogP contribution is 2.25. The molecule has 2 heterocycles. The number of urea groups is 1. The average molecular weight is 486 g/mol. The van der Waals surface area contributed by atoms with Crippen LogP contribution in [0, 0.1) is 6.92 Å². The first-order chi connectivity index (χ1) is 17.0. The number of carbonyl (C=O) groups excluding carboxylic acids is 2. The zero-order valence-electron chi connectivity index (χ0n) is 19.5. The van der Waals surface area contributed by atoms with E-state index in [1.54, 1.807) is 0 Å². The Hall–Kier alpha value is -3.75. The van der Waals surface area contributed by atoms with Gasteiger partial charge in [-0.05, 0) is 48.9 Å². The molecule has 1 aliphatic rings. The molecule has 3 aromatic carbocycles. The first kappa shape index (κ1) is 23.0. The molecule has 0 radical (unpaired) electrons. The second-order valence-corrected chi connectivity index (χ2v) is 9.73. The van der Waals surface area contributed by atoms with Gasteiger partial charge in [-0.3, -0.25) is 15.0 Å². The number of nitrogens with zero attached hydrogens (tertiary/aromatic N) is 3. The van der Waals surface area contributed by atoms with Gasteiger partial charge in [0, 0.05) is 44.0 Å². The zero-order chi connectivity index (χ0) is 24.2. The molecule has 3 amide bonds. The highest BCUT2D eigenvalue weighted by atomic mass is 32.1. The number of aromatic nitrogens is 1. The number of aryl methyl sites for hydroxylation is 1. The molecule has 0 unspecified atom stereocenters. The number of piperazine rings is 1. The van der Waals surface area contributed by atoms with Gasteiger partial charge in [0.1, 0.15) is 0 Å². The molecule has 35 heavy (non-hydrogen) atoms. The molecule has 0 aliphatic carbocycles. The molecule has 0 bridgehead atoms. The van der Waals surface area contributed by atoms with Crippen molar-refractivity contribution in [2.45, 2.75) is 13.5 Å². The third-order valence-electron chi connectivity index (χ3n) is 6.10. The van der Waals surface area contributed by atoms with Crippen molar-refractivity contribution in [2.24, 2.45) is 0 Å². The Morgan fingerprint density at radius 1 is 0.886 bits per heavy atom. The van der Waals surface area contributed by atoms with Crippen LogP contribution in [0.3, 0.4) is 0 Å². The lowest BCUT2D eigenvalue weighted by atomic mass is 10.1. The zero-order valence-corrected chi connectivity index (χ0v) is 20.3. The number of hydrogen-bond acceptors (Lipinski definition) is 5. The third kappa shape index (κ3) is 5.67. The van der Waals surface area contributed by atoms with E-state index in [2.05, 4.69) is 20.5 Å². The fourth-order valence-electron chi connectivity index (χ4n) is 4.06. The molecular formula is C27H27N5O2S. The average Bonchev–Trinajstić information content (AvgIpc) is 3.28. The van der Waals surface area contributed by atoms with Gasteiger partial charge in [0.2, 0.25) is 0 Å². The van der Waals surface area contributed by atoms with E-state index in [4.69, 9.17) is 0 Å². The van der Waals surface area contributed by atoms with Gasteiger partial charge in [-0.25, -0.2) is 9.78 Å². The molecule has 4 aromatic rings. The van der Waals surface area contributed by atoms with E-state index in [1.165, 1.54) is 16.9 Å². The summed E-state index contributed by atoms with van der Waals surface area (Å²) in [5.41, 5.74) is 4.61.